The molecule has 4 nitrogen and oxygen atoms in total. The zero-order chi connectivity index (χ0) is 10.8. The lowest BCUT2D eigenvalue weighted by molar-refractivity contribution is 0.204. The van der Waals surface area contributed by atoms with Crippen LogP contribution in [0.5, 0.6) is 0 Å². The fraction of sp³-hybridized carbons (Fsp3) is 1.00. The van der Waals surface area contributed by atoms with Crippen molar-refractivity contribution in [3.63, 3.8) is 0 Å². The summed E-state index contributed by atoms with van der Waals surface area (Å²) in [6, 6.07) is 0.269. The second kappa shape index (κ2) is 4.59. The quantitative estimate of drug-likeness (QED) is 0.755. The van der Waals surface area contributed by atoms with Gasteiger partial charge in [0.1, 0.15) is 0 Å². The largest absolute Gasteiger partial charge is 0.329 e. The van der Waals surface area contributed by atoms with Crippen LogP contribution in [0.15, 0.2) is 0 Å². The highest BCUT2D eigenvalue weighted by atomic mass is 32.2. The highest BCUT2D eigenvalue weighted by molar-refractivity contribution is 7.89. The van der Waals surface area contributed by atoms with E-state index in [0.717, 1.165) is 19.3 Å². The first-order valence-corrected chi connectivity index (χ1v) is 6.81. The zero-order valence-corrected chi connectivity index (χ0v) is 9.76. The van der Waals surface area contributed by atoms with Crippen LogP contribution in [0, 0.1) is 0 Å². The van der Waals surface area contributed by atoms with Gasteiger partial charge in [-0.3, -0.25) is 0 Å². The van der Waals surface area contributed by atoms with Crippen LogP contribution >= 0.6 is 0 Å². The van der Waals surface area contributed by atoms with Gasteiger partial charge in [0.15, 0.2) is 0 Å². The highest BCUT2D eigenvalue weighted by Gasteiger charge is 2.33. The number of sulfonamides is 1. The molecule has 0 radical (unpaired) electrons. The van der Waals surface area contributed by atoms with Gasteiger partial charge in [-0.1, -0.05) is 6.42 Å². The van der Waals surface area contributed by atoms with Gasteiger partial charge in [0.2, 0.25) is 10.0 Å². The minimum absolute atomic E-state index is 0.0711. The summed E-state index contributed by atoms with van der Waals surface area (Å²) >= 11 is 0. The van der Waals surface area contributed by atoms with Crippen LogP contribution in [-0.4, -0.2) is 37.1 Å². The van der Waals surface area contributed by atoms with E-state index in [-0.39, 0.29) is 24.4 Å². The van der Waals surface area contributed by atoms with Crippen molar-refractivity contribution < 1.29 is 8.42 Å². The summed E-state index contributed by atoms with van der Waals surface area (Å²) in [5, 5.41) is 0. The van der Waals surface area contributed by atoms with E-state index in [0.29, 0.717) is 0 Å². The molecule has 0 aliphatic carbocycles. The van der Waals surface area contributed by atoms with Crippen LogP contribution in [0.3, 0.4) is 0 Å². The minimum atomic E-state index is -3.12. The smallest absolute Gasteiger partial charge is 0.215 e. The Morgan fingerprint density at radius 3 is 2.21 bits per heavy atom. The summed E-state index contributed by atoms with van der Waals surface area (Å²) in [6.07, 6.45) is 3.05. The number of hydrogen-bond donors (Lipinski definition) is 1. The van der Waals surface area contributed by atoms with E-state index in [1.165, 1.54) is 0 Å². The molecule has 1 fully saturated rings. The second-order valence-electron chi connectivity index (χ2n) is 4.06. The first-order chi connectivity index (χ1) is 6.49. The predicted molar refractivity (Wildman–Crippen MR) is 57.5 cm³/mol. The Balaban J connectivity index is 2.82. The molecule has 84 valence electrons. The first kappa shape index (κ1) is 11.9. The molecule has 1 aliphatic heterocycles. The van der Waals surface area contributed by atoms with E-state index in [1.807, 2.05) is 13.8 Å². The molecule has 2 N–H and O–H groups in total. The molecule has 0 amide bonds. The molecule has 2 unspecified atom stereocenters. The molecule has 2 atom stereocenters. The van der Waals surface area contributed by atoms with Crippen molar-refractivity contribution in [3.05, 3.63) is 0 Å². The Morgan fingerprint density at radius 2 is 1.79 bits per heavy atom. The SMILES string of the molecule is CC1CCCC(C)N1S(=O)(=O)CCN. The van der Waals surface area contributed by atoms with Crippen molar-refractivity contribution in [2.45, 2.75) is 45.2 Å². The van der Waals surface area contributed by atoms with Crippen LogP contribution in [0.25, 0.3) is 0 Å². The molecule has 0 saturated carbocycles. The van der Waals surface area contributed by atoms with Gasteiger partial charge in [0, 0.05) is 18.6 Å². The number of nitrogens with zero attached hydrogens (tertiary/aromatic N) is 1. The van der Waals surface area contributed by atoms with Crippen LogP contribution in [-0.2, 0) is 10.0 Å². The average molecular weight is 220 g/mol. The van der Waals surface area contributed by atoms with Crippen LogP contribution in [0.1, 0.15) is 33.1 Å². The molecule has 0 spiro atoms. The molecule has 1 heterocycles. The van der Waals surface area contributed by atoms with E-state index < -0.39 is 10.0 Å². The number of nitrogens with two attached hydrogens (primary N) is 1. The maximum Gasteiger partial charge on any atom is 0.215 e. The Morgan fingerprint density at radius 1 is 1.29 bits per heavy atom. The lowest BCUT2D eigenvalue weighted by atomic mass is 10.0. The summed E-state index contributed by atoms with van der Waals surface area (Å²) in [6.45, 7) is 4.16. The van der Waals surface area contributed by atoms with E-state index in [2.05, 4.69) is 0 Å². The highest BCUT2D eigenvalue weighted by Crippen LogP contribution is 2.25. The van der Waals surface area contributed by atoms with Crippen molar-refractivity contribution in [1.82, 2.24) is 4.31 Å². The summed E-state index contributed by atoms with van der Waals surface area (Å²) in [4.78, 5) is 0. The molecule has 0 bridgehead atoms. The molecular formula is C9H20N2O2S. The number of rotatable bonds is 3. The summed E-state index contributed by atoms with van der Waals surface area (Å²) in [7, 11) is -3.12. The molecule has 0 aromatic rings. The maximum absolute atomic E-state index is 11.9. The minimum Gasteiger partial charge on any atom is -0.329 e. The van der Waals surface area contributed by atoms with Gasteiger partial charge in [-0.25, -0.2) is 8.42 Å². The fourth-order valence-electron chi connectivity index (χ4n) is 2.20. The van der Waals surface area contributed by atoms with Gasteiger partial charge in [-0.2, -0.15) is 4.31 Å². The molecule has 1 aliphatic rings. The third-order valence-electron chi connectivity index (χ3n) is 2.81. The Labute approximate surface area is 86.5 Å². The summed E-state index contributed by atoms with van der Waals surface area (Å²) in [5.74, 6) is 0.0711. The fourth-order valence-corrected chi connectivity index (χ4v) is 4.02. The van der Waals surface area contributed by atoms with E-state index >= 15 is 0 Å². The van der Waals surface area contributed by atoms with Crippen molar-refractivity contribution in [1.29, 1.82) is 0 Å². The van der Waals surface area contributed by atoms with Crippen LogP contribution < -0.4 is 5.73 Å². The summed E-state index contributed by atoms with van der Waals surface area (Å²) < 4.78 is 25.3. The monoisotopic (exact) mass is 220 g/mol. The first-order valence-electron chi connectivity index (χ1n) is 5.20. The van der Waals surface area contributed by atoms with Gasteiger partial charge < -0.3 is 5.73 Å². The van der Waals surface area contributed by atoms with Gasteiger partial charge >= 0.3 is 0 Å². The van der Waals surface area contributed by atoms with Gasteiger partial charge in [-0.05, 0) is 26.7 Å². The van der Waals surface area contributed by atoms with Gasteiger partial charge in [0.25, 0.3) is 0 Å². The second-order valence-corrected chi connectivity index (χ2v) is 6.06. The van der Waals surface area contributed by atoms with E-state index in [1.54, 1.807) is 4.31 Å². The molecule has 1 rings (SSSR count). The standard InChI is InChI=1S/C9H20N2O2S/c1-8-4-3-5-9(2)11(8)14(12,13)7-6-10/h8-9H,3-7,10H2,1-2H3. The molecular weight excluding hydrogens is 200 g/mol. The number of hydrogen-bond acceptors (Lipinski definition) is 3. The summed E-state index contributed by atoms with van der Waals surface area (Å²) in [5.41, 5.74) is 5.31. The Hall–Kier alpha value is -0.130. The maximum atomic E-state index is 11.9. The molecule has 5 heteroatoms. The lowest BCUT2D eigenvalue weighted by Gasteiger charge is -2.37. The normalized spacial score (nSPS) is 30.5. The van der Waals surface area contributed by atoms with Gasteiger partial charge in [0.05, 0.1) is 5.75 Å². The predicted octanol–water partition coefficient (Wildman–Crippen LogP) is 0.538. The average Bonchev–Trinajstić information content (AvgIpc) is 2.02. The van der Waals surface area contributed by atoms with Crippen molar-refractivity contribution in [2.75, 3.05) is 12.3 Å². The van der Waals surface area contributed by atoms with Crippen molar-refractivity contribution in [2.24, 2.45) is 5.73 Å². The van der Waals surface area contributed by atoms with E-state index in [4.69, 9.17) is 5.73 Å². The Kier molecular flexibility index (Phi) is 3.92. The molecule has 1 saturated heterocycles. The number of piperidine rings is 1. The zero-order valence-electron chi connectivity index (χ0n) is 8.94. The van der Waals surface area contributed by atoms with Gasteiger partial charge in [-0.15, -0.1) is 0 Å². The molecule has 14 heavy (non-hydrogen) atoms. The lowest BCUT2D eigenvalue weighted by Crippen LogP contribution is -2.49. The molecule has 0 aromatic carbocycles. The third-order valence-corrected chi connectivity index (χ3v) is 4.92. The van der Waals surface area contributed by atoms with Crippen molar-refractivity contribution >= 4 is 10.0 Å². The van der Waals surface area contributed by atoms with Crippen LogP contribution in [0.4, 0.5) is 0 Å². The van der Waals surface area contributed by atoms with E-state index in [9.17, 15) is 8.42 Å². The third kappa shape index (κ3) is 2.46. The van der Waals surface area contributed by atoms with Crippen LogP contribution in [0.2, 0.25) is 0 Å². The Bertz CT molecular complexity index is 267. The van der Waals surface area contributed by atoms with Crippen molar-refractivity contribution in [3.8, 4) is 0 Å². The molecule has 0 aromatic heterocycles. The topological polar surface area (TPSA) is 63.4 Å².